The lowest BCUT2D eigenvalue weighted by Gasteiger charge is -2.12. The van der Waals surface area contributed by atoms with Crippen molar-refractivity contribution in [3.63, 3.8) is 0 Å². The van der Waals surface area contributed by atoms with Gasteiger partial charge < -0.3 is 10.2 Å². The van der Waals surface area contributed by atoms with Crippen molar-refractivity contribution in [3.05, 3.63) is 63.2 Å². The zero-order valence-corrected chi connectivity index (χ0v) is 11.9. The van der Waals surface area contributed by atoms with Crippen molar-refractivity contribution < 1.29 is 9.66 Å². The van der Waals surface area contributed by atoms with Gasteiger partial charge in [0, 0.05) is 11.6 Å². The van der Waals surface area contributed by atoms with E-state index in [0.29, 0.717) is 5.56 Å². The molecule has 0 fully saturated rings. The molecule has 0 aliphatic heterocycles. The Balaban J connectivity index is 2.23. The van der Waals surface area contributed by atoms with Crippen LogP contribution in [0.15, 0.2) is 36.4 Å². The first kappa shape index (κ1) is 14.8. The molecule has 6 heteroatoms. The van der Waals surface area contributed by atoms with Crippen LogP contribution in [-0.2, 0) is 6.61 Å². The van der Waals surface area contributed by atoms with Gasteiger partial charge in [0.05, 0.1) is 4.92 Å². The molecule has 0 spiro atoms. The summed E-state index contributed by atoms with van der Waals surface area (Å²) in [5.41, 5.74) is 5.41. The van der Waals surface area contributed by atoms with E-state index < -0.39 is 4.92 Å². The summed E-state index contributed by atoms with van der Waals surface area (Å²) >= 11 is 0. The average molecular weight is 287 g/mol. The molecular formula is C15H17N3O3. The summed E-state index contributed by atoms with van der Waals surface area (Å²) in [6.45, 7) is 4.17. The highest BCUT2D eigenvalue weighted by molar-refractivity contribution is 5.65. The Morgan fingerprint density at radius 1 is 1.24 bits per heavy atom. The number of para-hydroxylation sites is 1. The molecule has 0 atom stereocenters. The van der Waals surface area contributed by atoms with Gasteiger partial charge in [-0.3, -0.25) is 16.0 Å². The number of nitrogens with zero attached hydrogens (tertiary/aromatic N) is 1. The number of nitrogen functional groups attached to an aromatic ring is 1. The van der Waals surface area contributed by atoms with Gasteiger partial charge in [-0.1, -0.05) is 18.2 Å². The minimum atomic E-state index is -0.477. The minimum Gasteiger partial charge on any atom is -0.489 e. The van der Waals surface area contributed by atoms with E-state index >= 15 is 0 Å². The van der Waals surface area contributed by atoms with Crippen molar-refractivity contribution in [2.75, 3.05) is 5.43 Å². The zero-order chi connectivity index (χ0) is 15.4. The quantitative estimate of drug-likeness (QED) is 0.501. The summed E-state index contributed by atoms with van der Waals surface area (Å²) in [5, 5.41) is 11.0. The van der Waals surface area contributed by atoms with E-state index in [1.165, 1.54) is 6.07 Å². The SMILES string of the molecule is Cc1cc(C)cc(OCc2cccc([N+](=O)[O-])c2NN)c1. The summed E-state index contributed by atoms with van der Waals surface area (Å²) in [4.78, 5) is 10.5. The highest BCUT2D eigenvalue weighted by Gasteiger charge is 2.16. The van der Waals surface area contributed by atoms with Crippen LogP contribution in [-0.4, -0.2) is 4.92 Å². The Bertz CT molecular complexity index is 651. The Kier molecular flexibility index (Phi) is 4.39. The van der Waals surface area contributed by atoms with Crippen LogP contribution in [0.1, 0.15) is 16.7 Å². The van der Waals surface area contributed by atoms with E-state index in [-0.39, 0.29) is 18.0 Å². The van der Waals surface area contributed by atoms with E-state index in [1.807, 2.05) is 32.0 Å². The lowest BCUT2D eigenvalue weighted by Crippen LogP contribution is -2.12. The van der Waals surface area contributed by atoms with E-state index in [1.54, 1.807) is 12.1 Å². The maximum atomic E-state index is 11.0. The number of hydrogen-bond acceptors (Lipinski definition) is 5. The normalized spacial score (nSPS) is 10.2. The third-order valence-electron chi connectivity index (χ3n) is 3.06. The van der Waals surface area contributed by atoms with Gasteiger partial charge in [-0.15, -0.1) is 0 Å². The van der Waals surface area contributed by atoms with Crippen molar-refractivity contribution in [1.29, 1.82) is 0 Å². The van der Waals surface area contributed by atoms with Crippen LogP contribution >= 0.6 is 0 Å². The maximum Gasteiger partial charge on any atom is 0.294 e. The molecule has 0 saturated carbocycles. The van der Waals surface area contributed by atoms with Gasteiger partial charge in [0.15, 0.2) is 0 Å². The second kappa shape index (κ2) is 6.23. The van der Waals surface area contributed by atoms with Crippen LogP contribution in [0.2, 0.25) is 0 Å². The van der Waals surface area contributed by atoms with Crippen LogP contribution in [0.5, 0.6) is 5.75 Å². The summed E-state index contributed by atoms with van der Waals surface area (Å²) < 4.78 is 5.71. The predicted molar refractivity (Wildman–Crippen MR) is 81.2 cm³/mol. The number of anilines is 1. The standard InChI is InChI=1S/C15H17N3O3/c1-10-6-11(2)8-13(7-10)21-9-12-4-3-5-14(18(19)20)15(12)17-16/h3-8,17H,9,16H2,1-2H3. The Morgan fingerprint density at radius 2 is 1.90 bits per heavy atom. The second-order valence-electron chi connectivity index (χ2n) is 4.82. The summed E-state index contributed by atoms with van der Waals surface area (Å²) in [6, 6.07) is 10.6. The molecule has 0 heterocycles. The smallest absolute Gasteiger partial charge is 0.294 e. The third kappa shape index (κ3) is 3.49. The molecule has 0 aromatic heterocycles. The van der Waals surface area contributed by atoms with E-state index in [4.69, 9.17) is 10.6 Å². The molecule has 2 aromatic carbocycles. The first-order valence-electron chi connectivity index (χ1n) is 6.45. The largest absolute Gasteiger partial charge is 0.489 e. The number of aryl methyl sites for hydroxylation is 2. The van der Waals surface area contributed by atoms with Crippen molar-refractivity contribution in [1.82, 2.24) is 0 Å². The van der Waals surface area contributed by atoms with Crippen LogP contribution in [0, 0.1) is 24.0 Å². The van der Waals surface area contributed by atoms with Gasteiger partial charge >= 0.3 is 0 Å². The number of benzene rings is 2. The molecule has 0 aliphatic carbocycles. The molecule has 110 valence electrons. The van der Waals surface area contributed by atoms with Crippen molar-refractivity contribution in [2.45, 2.75) is 20.5 Å². The highest BCUT2D eigenvalue weighted by Crippen LogP contribution is 2.28. The molecular weight excluding hydrogens is 270 g/mol. The van der Waals surface area contributed by atoms with Crippen molar-refractivity contribution in [2.24, 2.45) is 5.84 Å². The zero-order valence-electron chi connectivity index (χ0n) is 11.9. The number of nitro benzene ring substituents is 1. The van der Waals surface area contributed by atoms with Crippen LogP contribution in [0.3, 0.4) is 0 Å². The molecule has 6 nitrogen and oxygen atoms in total. The number of ether oxygens (including phenoxy) is 1. The van der Waals surface area contributed by atoms with Gasteiger partial charge in [-0.25, -0.2) is 0 Å². The van der Waals surface area contributed by atoms with E-state index in [2.05, 4.69) is 5.43 Å². The Labute approximate surface area is 122 Å². The molecule has 0 aliphatic rings. The maximum absolute atomic E-state index is 11.0. The van der Waals surface area contributed by atoms with E-state index in [0.717, 1.165) is 16.9 Å². The van der Waals surface area contributed by atoms with Gasteiger partial charge in [-0.05, 0) is 37.1 Å². The van der Waals surface area contributed by atoms with Crippen molar-refractivity contribution in [3.8, 4) is 5.75 Å². The molecule has 0 amide bonds. The number of nitrogens with one attached hydrogen (secondary N) is 1. The Hall–Kier alpha value is -2.60. The number of hydrogen-bond donors (Lipinski definition) is 2. The van der Waals surface area contributed by atoms with E-state index in [9.17, 15) is 10.1 Å². The third-order valence-corrected chi connectivity index (χ3v) is 3.06. The fraction of sp³-hybridized carbons (Fsp3) is 0.200. The van der Waals surface area contributed by atoms with Crippen LogP contribution in [0.25, 0.3) is 0 Å². The van der Waals surface area contributed by atoms with Crippen LogP contribution in [0.4, 0.5) is 11.4 Å². The molecule has 2 aromatic rings. The first-order valence-corrected chi connectivity index (χ1v) is 6.45. The molecule has 0 bridgehead atoms. The Morgan fingerprint density at radius 3 is 2.48 bits per heavy atom. The number of nitrogens with two attached hydrogens (primary N) is 1. The number of rotatable bonds is 5. The molecule has 0 saturated heterocycles. The highest BCUT2D eigenvalue weighted by atomic mass is 16.6. The summed E-state index contributed by atoms with van der Waals surface area (Å²) in [6.07, 6.45) is 0. The van der Waals surface area contributed by atoms with Gasteiger partial charge in [0.1, 0.15) is 18.0 Å². The van der Waals surface area contributed by atoms with Gasteiger partial charge in [0.25, 0.3) is 5.69 Å². The summed E-state index contributed by atoms with van der Waals surface area (Å²) in [5.74, 6) is 6.12. The number of hydrazine groups is 1. The van der Waals surface area contributed by atoms with Crippen LogP contribution < -0.4 is 16.0 Å². The molecule has 0 unspecified atom stereocenters. The summed E-state index contributed by atoms with van der Waals surface area (Å²) in [7, 11) is 0. The molecule has 3 N–H and O–H groups in total. The monoisotopic (exact) mass is 287 g/mol. The van der Waals surface area contributed by atoms with Crippen molar-refractivity contribution >= 4 is 11.4 Å². The average Bonchev–Trinajstić information content (AvgIpc) is 2.43. The fourth-order valence-corrected chi connectivity index (χ4v) is 2.20. The lowest BCUT2D eigenvalue weighted by atomic mass is 10.1. The molecule has 2 rings (SSSR count). The predicted octanol–water partition coefficient (Wildman–Crippen LogP) is 3.08. The molecule has 21 heavy (non-hydrogen) atoms. The molecule has 0 radical (unpaired) electrons. The first-order chi connectivity index (χ1) is 10.0. The lowest BCUT2D eigenvalue weighted by molar-refractivity contribution is -0.384. The van der Waals surface area contributed by atoms with Gasteiger partial charge in [0.2, 0.25) is 0 Å². The number of nitro groups is 1. The van der Waals surface area contributed by atoms with Gasteiger partial charge in [-0.2, -0.15) is 0 Å². The minimum absolute atomic E-state index is 0.0703. The fourth-order valence-electron chi connectivity index (χ4n) is 2.20. The second-order valence-corrected chi connectivity index (χ2v) is 4.82. The topological polar surface area (TPSA) is 90.4 Å².